The molecule has 8 heteroatoms. The van der Waals surface area contributed by atoms with E-state index in [1.165, 1.54) is 13.0 Å². The van der Waals surface area contributed by atoms with Gasteiger partial charge in [-0.15, -0.1) is 0 Å². The molecule has 130 valence electrons. The number of hydrogen-bond acceptors (Lipinski definition) is 4. The Morgan fingerprint density at radius 1 is 1.08 bits per heavy atom. The number of aromatic carboxylic acids is 1. The molecule has 0 atom stereocenters. The number of halogens is 1. The number of ether oxygens (including phenoxy) is 1. The van der Waals surface area contributed by atoms with E-state index in [4.69, 9.17) is 16.3 Å². The average molecular weight is 363 g/mol. The van der Waals surface area contributed by atoms with Gasteiger partial charge in [0.15, 0.2) is 0 Å². The Morgan fingerprint density at radius 2 is 1.76 bits per heavy atom. The van der Waals surface area contributed by atoms with E-state index in [1.807, 2.05) is 18.2 Å². The first kappa shape index (κ1) is 18.3. The molecule has 0 bridgehead atoms. The summed E-state index contributed by atoms with van der Waals surface area (Å²) < 4.78 is 5.06. The zero-order valence-corrected chi connectivity index (χ0v) is 14.0. The van der Waals surface area contributed by atoms with Gasteiger partial charge in [0.05, 0.1) is 22.0 Å². The minimum atomic E-state index is -1.28. The molecule has 0 aliphatic heterocycles. The van der Waals surface area contributed by atoms with Gasteiger partial charge in [-0.05, 0) is 17.7 Å². The highest BCUT2D eigenvalue weighted by atomic mass is 35.5. The maximum atomic E-state index is 11.9. The summed E-state index contributed by atoms with van der Waals surface area (Å²) in [5, 5.41) is 14.1. The van der Waals surface area contributed by atoms with Gasteiger partial charge in [0.1, 0.15) is 6.61 Å². The van der Waals surface area contributed by atoms with E-state index in [0.29, 0.717) is 0 Å². The number of nitrogens with one attached hydrogen (secondary N) is 2. The summed E-state index contributed by atoms with van der Waals surface area (Å²) >= 11 is 6.04. The average Bonchev–Trinajstić information content (AvgIpc) is 2.55. The normalized spacial score (nSPS) is 10.0. The maximum absolute atomic E-state index is 11.9. The predicted octanol–water partition coefficient (Wildman–Crippen LogP) is 3.75. The molecule has 2 rings (SSSR count). The Labute approximate surface area is 148 Å². The van der Waals surface area contributed by atoms with E-state index in [-0.39, 0.29) is 28.6 Å². The topological polar surface area (TPSA) is 105 Å². The highest BCUT2D eigenvalue weighted by molar-refractivity contribution is 6.34. The van der Waals surface area contributed by atoms with Crippen LogP contribution in [0.5, 0.6) is 0 Å². The molecule has 0 aliphatic carbocycles. The Bertz CT molecular complexity index is 808. The van der Waals surface area contributed by atoms with Crippen LogP contribution in [0.3, 0.4) is 0 Å². The molecule has 0 aliphatic rings. The van der Waals surface area contributed by atoms with Gasteiger partial charge >= 0.3 is 12.1 Å². The molecule has 25 heavy (non-hydrogen) atoms. The van der Waals surface area contributed by atoms with Gasteiger partial charge in [-0.1, -0.05) is 41.9 Å². The van der Waals surface area contributed by atoms with Crippen molar-refractivity contribution in [1.29, 1.82) is 0 Å². The highest BCUT2D eigenvalue weighted by Crippen LogP contribution is 2.30. The summed E-state index contributed by atoms with van der Waals surface area (Å²) in [4.78, 5) is 34.3. The number of hydrogen-bond donors (Lipinski definition) is 3. The second-order valence-electron chi connectivity index (χ2n) is 5.05. The van der Waals surface area contributed by atoms with Crippen molar-refractivity contribution in [2.45, 2.75) is 13.5 Å². The fourth-order valence-corrected chi connectivity index (χ4v) is 2.22. The van der Waals surface area contributed by atoms with Crippen molar-refractivity contribution >= 4 is 40.9 Å². The van der Waals surface area contributed by atoms with E-state index in [1.54, 1.807) is 12.1 Å². The molecule has 0 saturated heterocycles. The van der Waals surface area contributed by atoms with Crippen LogP contribution in [0, 0.1) is 0 Å². The number of carboxylic acids is 1. The third-order valence-electron chi connectivity index (χ3n) is 3.10. The van der Waals surface area contributed by atoms with E-state index >= 15 is 0 Å². The number of benzene rings is 2. The highest BCUT2D eigenvalue weighted by Gasteiger charge is 2.17. The van der Waals surface area contributed by atoms with Crippen molar-refractivity contribution in [3.8, 4) is 0 Å². The summed E-state index contributed by atoms with van der Waals surface area (Å²) in [6, 6.07) is 11.5. The number of anilines is 2. The first-order valence-electron chi connectivity index (χ1n) is 7.19. The fourth-order valence-electron chi connectivity index (χ4n) is 2.01. The second-order valence-corrected chi connectivity index (χ2v) is 5.46. The molecule has 2 amide bonds. The largest absolute Gasteiger partial charge is 0.478 e. The zero-order valence-electron chi connectivity index (χ0n) is 13.2. The molecule has 2 aromatic rings. The lowest BCUT2D eigenvalue weighted by molar-refractivity contribution is -0.114. The van der Waals surface area contributed by atoms with E-state index in [9.17, 15) is 19.5 Å². The monoisotopic (exact) mass is 362 g/mol. The predicted molar refractivity (Wildman–Crippen MR) is 93.0 cm³/mol. The lowest BCUT2D eigenvalue weighted by Crippen LogP contribution is -2.16. The van der Waals surface area contributed by atoms with Gasteiger partial charge in [-0.3, -0.25) is 10.1 Å². The number of amides is 2. The van der Waals surface area contributed by atoms with Crippen LogP contribution in [0.2, 0.25) is 5.02 Å². The van der Waals surface area contributed by atoms with Crippen LogP contribution in [0.4, 0.5) is 16.2 Å². The minimum Gasteiger partial charge on any atom is -0.478 e. The molecule has 3 N–H and O–H groups in total. The lowest BCUT2D eigenvalue weighted by atomic mass is 10.1. The molecular formula is C17H15ClN2O5. The minimum absolute atomic E-state index is 0.0354. The van der Waals surface area contributed by atoms with E-state index in [2.05, 4.69) is 10.6 Å². The van der Waals surface area contributed by atoms with Crippen LogP contribution in [0.15, 0.2) is 42.5 Å². The molecule has 0 aromatic heterocycles. The van der Waals surface area contributed by atoms with Crippen LogP contribution in [-0.2, 0) is 16.1 Å². The van der Waals surface area contributed by atoms with Crippen molar-refractivity contribution in [3.05, 3.63) is 58.6 Å². The summed E-state index contributed by atoms with van der Waals surface area (Å²) in [6.07, 6.45) is -0.783. The number of rotatable bonds is 5. The first-order valence-corrected chi connectivity index (χ1v) is 7.56. The first-order chi connectivity index (χ1) is 11.9. The third kappa shape index (κ3) is 5.22. The lowest BCUT2D eigenvalue weighted by Gasteiger charge is -2.12. The Hall–Kier alpha value is -3.06. The van der Waals surface area contributed by atoms with Gasteiger partial charge in [-0.25, -0.2) is 9.59 Å². The molecule has 0 radical (unpaired) electrons. The smallest absolute Gasteiger partial charge is 0.412 e. The van der Waals surface area contributed by atoms with Crippen molar-refractivity contribution in [3.63, 3.8) is 0 Å². The van der Waals surface area contributed by atoms with Crippen LogP contribution in [-0.4, -0.2) is 23.1 Å². The van der Waals surface area contributed by atoms with Crippen molar-refractivity contribution in [1.82, 2.24) is 0 Å². The summed E-state index contributed by atoms with van der Waals surface area (Å²) in [5.74, 6) is -1.72. The van der Waals surface area contributed by atoms with E-state index < -0.39 is 18.0 Å². The van der Waals surface area contributed by atoms with Crippen molar-refractivity contribution in [2.24, 2.45) is 0 Å². The molecule has 0 saturated carbocycles. The van der Waals surface area contributed by atoms with Crippen molar-refractivity contribution < 1.29 is 24.2 Å². The second kappa shape index (κ2) is 8.16. The van der Waals surface area contributed by atoms with Crippen LogP contribution >= 0.6 is 11.6 Å². The zero-order chi connectivity index (χ0) is 18.4. The number of carbonyl (C=O) groups excluding carboxylic acids is 2. The van der Waals surface area contributed by atoms with Gasteiger partial charge < -0.3 is 15.2 Å². The molecule has 0 spiro atoms. The molecule has 0 fully saturated rings. The van der Waals surface area contributed by atoms with Gasteiger partial charge in [0.25, 0.3) is 0 Å². The Morgan fingerprint density at radius 3 is 2.36 bits per heavy atom. The molecule has 7 nitrogen and oxygen atoms in total. The summed E-state index contributed by atoms with van der Waals surface area (Å²) in [7, 11) is 0. The number of carbonyl (C=O) groups is 3. The number of carboxylic acid groups (broad SMARTS) is 1. The van der Waals surface area contributed by atoms with Crippen LogP contribution < -0.4 is 10.6 Å². The molecule has 2 aromatic carbocycles. The SMILES string of the molecule is CC(=O)Nc1cc(Cl)c(NC(=O)OCc2ccccc2)cc1C(=O)O. The van der Waals surface area contributed by atoms with E-state index in [0.717, 1.165) is 11.6 Å². The fraction of sp³-hybridized carbons (Fsp3) is 0.118. The maximum Gasteiger partial charge on any atom is 0.412 e. The summed E-state index contributed by atoms with van der Waals surface area (Å²) in [6.45, 7) is 1.30. The molecule has 0 heterocycles. The Balaban J connectivity index is 2.13. The summed E-state index contributed by atoms with van der Waals surface area (Å²) in [5.41, 5.74) is 0.688. The standard InChI is InChI=1S/C17H15ClN2O5/c1-10(21)19-14-8-13(18)15(7-12(14)16(22)23)20-17(24)25-9-11-5-3-2-4-6-11/h2-8H,9H2,1H3,(H,19,21)(H,20,24)(H,22,23). The van der Waals surface area contributed by atoms with Gasteiger partial charge in [0.2, 0.25) is 5.91 Å². The molecular weight excluding hydrogens is 348 g/mol. The third-order valence-corrected chi connectivity index (χ3v) is 3.41. The Kier molecular flexibility index (Phi) is 5.97. The van der Waals surface area contributed by atoms with Crippen molar-refractivity contribution in [2.75, 3.05) is 10.6 Å². The van der Waals surface area contributed by atoms with Crippen LogP contribution in [0.1, 0.15) is 22.8 Å². The van der Waals surface area contributed by atoms with Crippen LogP contribution in [0.25, 0.3) is 0 Å². The van der Waals surface area contributed by atoms with Gasteiger partial charge in [-0.2, -0.15) is 0 Å². The molecule has 0 unspecified atom stereocenters. The quantitative estimate of drug-likeness (QED) is 0.751. The van der Waals surface area contributed by atoms with Gasteiger partial charge in [0, 0.05) is 6.92 Å².